The number of thiophene rings is 1. The molecule has 1 aromatic rings. The monoisotopic (exact) mass is 333 g/mol. The van der Waals surface area contributed by atoms with Crippen molar-refractivity contribution in [3.05, 3.63) is 22.4 Å². The minimum absolute atomic E-state index is 0.175. The summed E-state index contributed by atoms with van der Waals surface area (Å²) in [6.45, 7) is 8.33. The number of hydrogen-bond donors (Lipinski definition) is 2. The molecule has 0 radical (unpaired) electrons. The highest BCUT2D eigenvalue weighted by Gasteiger charge is 2.25. The lowest BCUT2D eigenvalue weighted by Crippen LogP contribution is -2.42. The van der Waals surface area contributed by atoms with Crippen molar-refractivity contribution in [2.24, 2.45) is 5.92 Å². The minimum atomic E-state index is -3.46. The zero-order valence-electron chi connectivity index (χ0n) is 13.3. The maximum Gasteiger partial charge on any atom is 0.279 e. The predicted molar refractivity (Wildman–Crippen MR) is 89.7 cm³/mol. The van der Waals surface area contributed by atoms with E-state index >= 15 is 0 Å². The molecule has 1 unspecified atom stereocenters. The van der Waals surface area contributed by atoms with Gasteiger partial charge in [0.1, 0.15) is 0 Å². The lowest BCUT2D eigenvalue weighted by Gasteiger charge is -2.25. The molecule has 5 nitrogen and oxygen atoms in total. The van der Waals surface area contributed by atoms with Gasteiger partial charge in [0.05, 0.1) is 6.04 Å². The third-order valence-corrected chi connectivity index (χ3v) is 5.79. The second kappa shape index (κ2) is 8.85. The molecular weight excluding hydrogens is 306 g/mol. The Kier molecular flexibility index (Phi) is 7.83. The summed E-state index contributed by atoms with van der Waals surface area (Å²) >= 11 is 1.58. The van der Waals surface area contributed by atoms with Crippen LogP contribution >= 0.6 is 11.3 Å². The number of nitrogens with one attached hydrogen (secondary N) is 2. The molecule has 2 N–H and O–H groups in total. The molecule has 0 aromatic carbocycles. The molecule has 0 amide bonds. The van der Waals surface area contributed by atoms with Crippen molar-refractivity contribution in [1.29, 1.82) is 0 Å². The van der Waals surface area contributed by atoms with E-state index in [9.17, 15) is 8.42 Å². The van der Waals surface area contributed by atoms with E-state index < -0.39 is 10.2 Å². The summed E-state index contributed by atoms with van der Waals surface area (Å²) in [4.78, 5) is 1.05. The third kappa shape index (κ3) is 6.04. The standard InChI is InChI=1S/C14H27N3O2S2/c1-5-15-9-7-10-17(4)21(18,19)16-14(12(2)3)13-8-6-11-20-13/h6,8,11-12,14-16H,5,7,9-10H2,1-4H3. The van der Waals surface area contributed by atoms with Crippen molar-refractivity contribution in [2.45, 2.75) is 33.2 Å². The summed E-state index contributed by atoms with van der Waals surface area (Å²) in [6, 6.07) is 3.75. The molecule has 0 aliphatic heterocycles. The molecule has 1 rings (SSSR count). The van der Waals surface area contributed by atoms with Crippen LogP contribution in [0.5, 0.6) is 0 Å². The van der Waals surface area contributed by atoms with E-state index in [1.165, 1.54) is 4.31 Å². The first-order valence-corrected chi connectivity index (χ1v) is 9.68. The van der Waals surface area contributed by atoms with Gasteiger partial charge in [0.25, 0.3) is 10.2 Å². The normalized spacial score (nSPS) is 14.0. The number of rotatable bonds is 10. The van der Waals surface area contributed by atoms with Gasteiger partial charge in [-0.2, -0.15) is 17.4 Å². The van der Waals surface area contributed by atoms with Crippen LogP contribution < -0.4 is 10.0 Å². The summed E-state index contributed by atoms with van der Waals surface area (Å²) in [5.41, 5.74) is 0. The molecule has 122 valence electrons. The van der Waals surface area contributed by atoms with Crippen molar-refractivity contribution >= 4 is 21.5 Å². The van der Waals surface area contributed by atoms with E-state index in [1.807, 2.05) is 38.3 Å². The van der Waals surface area contributed by atoms with Gasteiger partial charge < -0.3 is 5.32 Å². The number of hydrogen-bond acceptors (Lipinski definition) is 4. The van der Waals surface area contributed by atoms with E-state index in [2.05, 4.69) is 10.0 Å². The maximum absolute atomic E-state index is 12.4. The molecule has 1 heterocycles. The first-order chi connectivity index (χ1) is 9.88. The predicted octanol–water partition coefficient (Wildman–Crippen LogP) is 2.21. The molecule has 1 aromatic heterocycles. The molecule has 21 heavy (non-hydrogen) atoms. The molecule has 0 saturated heterocycles. The van der Waals surface area contributed by atoms with Crippen LogP contribution in [0.2, 0.25) is 0 Å². The SMILES string of the molecule is CCNCCCN(C)S(=O)(=O)NC(c1cccs1)C(C)C. The van der Waals surface area contributed by atoms with Crippen LogP contribution in [0, 0.1) is 5.92 Å². The lowest BCUT2D eigenvalue weighted by atomic mass is 10.0. The second-order valence-corrected chi connectivity index (χ2v) is 8.18. The van der Waals surface area contributed by atoms with Crippen molar-refractivity contribution in [3.8, 4) is 0 Å². The van der Waals surface area contributed by atoms with Crippen LogP contribution in [0.25, 0.3) is 0 Å². The Hall–Kier alpha value is -0.470. The van der Waals surface area contributed by atoms with Crippen molar-refractivity contribution in [1.82, 2.24) is 14.3 Å². The van der Waals surface area contributed by atoms with Gasteiger partial charge in [-0.05, 0) is 36.9 Å². The van der Waals surface area contributed by atoms with Gasteiger partial charge in [-0.1, -0.05) is 26.8 Å². The highest BCUT2D eigenvalue weighted by molar-refractivity contribution is 7.87. The van der Waals surface area contributed by atoms with Crippen LogP contribution in [0.1, 0.15) is 38.1 Å². The zero-order chi connectivity index (χ0) is 15.9. The smallest absolute Gasteiger partial charge is 0.279 e. The quantitative estimate of drug-likeness (QED) is 0.645. The lowest BCUT2D eigenvalue weighted by molar-refractivity contribution is 0.414. The van der Waals surface area contributed by atoms with Gasteiger partial charge in [-0.3, -0.25) is 0 Å². The summed E-state index contributed by atoms with van der Waals surface area (Å²) in [5.74, 6) is 0.202. The van der Waals surface area contributed by atoms with Gasteiger partial charge in [-0.15, -0.1) is 11.3 Å². The topological polar surface area (TPSA) is 61.4 Å². The van der Waals surface area contributed by atoms with Crippen molar-refractivity contribution in [3.63, 3.8) is 0 Å². The summed E-state index contributed by atoms with van der Waals surface area (Å²) in [5, 5.41) is 5.17. The molecule has 0 spiro atoms. The Morgan fingerprint density at radius 1 is 1.38 bits per heavy atom. The molecule has 0 aliphatic rings. The average molecular weight is 334 g/mol. The molecule has 1 atom stereocenters. The Balaban J connectivity index is 2.64. The van der Waals surface area contributed by atoms with E-state index in [0.717, 1.165) is 24.4 Å². The number of nitrogens with zero attached hydrogens (tertiary/aromatic N) is 1. The van der Waals surface area contributed by atoms with Crippen LogP contribution in [0.3, 0.4) is 0 Å². The fraction of sp³-hybridized carbons (Fsp3) is 0.714. The summed E-state index contributed by atoms with van der Waals surface area (Å²) in [6.07, 6.45) is 0.802. The second-order valence-electron chi connectivity index (χ2n) is 5.39. The van der Waals surface area contributed by atoms with Gasteiger partial charge in [0, 0.05) is 18.5 Å². The minimum Gasteiger partial charge on any atom is -0.317 e. The summed E-state index contributed by atoms with van der Waals surface area (Å²) < 4.78 is 29.0. The summed E-state index contributed by atoms with van der Waals surface area (Å²) in [7, 11) is -1.83. The van der Waals surface area contributed by atoms with E-state index in [1.54, 1.807) is 18.4 Å². The van der Waals surface area contributed by atoms with Crippen LogP contribution in [0.15, 0.2) is 17.5 Å². The van der Waals surface area contributed by atoms with Gasteiger partial charge in [0.15, 0.2) is 0 Å². The highest BCUT2D eigenvalue weighted by Crippen LogP contribution is 2.26. The highest BCUT2D eigenvalue weighted by atomic mass is 32.2. The van der Waals surface area contributed by atoms with E-state index in [0.29, 0.717) is 6.54 Å². The molecule has 0 fully saturated rings. The van der Waals surface area contributed by atoms with Gasteiger partial charge in [-0.25, -0.2) is 0 Å². The average Bonchev–Trinajstić information content (AvgIpc) is 2.94. The van der Waals surface area contributed by atoms with E-state index in [-0.39, 0.29) is 12.0 Å². The Labute approximate surface area is 132 Å². The first-order valence-electron chi connectivity index (χ1n) is 7.36. The largest absolute Gasteiger partial charge is 0.317 e. The van der Waals surface area contributed by atoms with Gasteiger partial charge >= 0.3 is 0 Å². The Morgan fingerprint density at radius 2 is 2.10 bits per heavy atom. The fourth-order valence-electron chi connectivity index (χ4n) is 1.97. The fourth-order valence-corrected chi connectivity index (χ4v) is 4.26. The van der Waals surface area contributed by atoms with Crippen LogP contribution in [-0.4, -0.2) is 39.4 Å². The molecular formula is C14H27N3O2S2. The maximum atomic E-state index is 12.4. The Bertz CT molecular complexity index is 486. The first kappa shape index (κ1) is 18.6. The molecule has 7 heteroatoms. The van der Waals surface area contributed by atoms with Crippen LogP contribution in [-0.2, 0) is 10.2 Å². The zero-order valence-corrected chi connectivity index (χ0v) is 14.9. The molecule has 0 bridgehead atoms. The van der Waals surface area contributed by atoms with Crippen molar-refractivity contribution in [2.75, 3.05) is 26.7 Å². The molecule has 0 saturated carbocycles. The van der Waals surface area contributed by atoms with Crippen LogP contribution in [0.4, 0.5) is 0 Å². The third-order valence-electron chi connectivity index (χ3n) is 3.28. The van der Waals surface area contributed by atoms with E-state index in [4.69, 9.17) is 0 Å². The Morgan fingerprint density at radius 3 is 2.62 bits per heavy atom. The van der Waals surface area contributed by atoms with Gasteiger partial charge in [0.2, 0.25) is 0 Å². The van der Waals surface area contributed by atoms with Crippen molar-refractivity contribution < 1.29 is 8.42 Å². The molecule has 0 aliphatic carbocycles.